The first kappa shape index (κ1) is 20.6. The van der Waals surface area contributed by atoms with Crippen molar-refractivity contribution in [3.05, 3.63) is 53.1 Å². The van der Waals surface area contributed by atoms with Crippen LogP contribution in [0.15, 0.2) is 42.5 Å². The molecule has 0 aliphatic heterocycles. The van der Waals surface area contributed by atoms with E-state index >= 15 is 0 Å². The number of carbonyl (C=O) groups is 2. The van der Waals surface area contributed by atoms with Gasteiger partial charge in [-0.05, 0) is 48.4 Å². The van der Waals surface area contributed by atoms with Crippen LogP contribution in [0.4, 0.5) is 5.69 Å². The molecular weight excluding hydrogens is 368 g/mol. The highest BCUT2D eigenvalue weighted by Crippen LogP contribution is 2.28. The Morgan fingerprint density at radius 1 is 1.04 bits per heavy atom. The van der Waals surface area contributed by atoms with Crippen LogP contribution in [-0.2, 0) is 16.0 Å². The molecule has 0 spiro atoms. The second-order valence-electron chi connectivity index (χ2n) is 5.99. The first-order valence-electron chi connectivity index (χ1n) is 8.43. The Morgan fingerprint density at radius 3 is 2.33 bits per heavy atom. The molecule has 2 aromatic carbocycles. The van der Waals surface area contributed by atoms with E-state index in [-0.39, 0.29) is 18.4 Å². The van der Waals surface area contributed by atoms with E-state index in [2.05, 4.69) is 5.32 Å². The number of nitrogens with one attached hydrogen (secondary N) is 1. The number of amides is 2. The number of anilines is 1. The Kier molecular flexibility index (Phi) is 7.49. The number of halogens is 1. The Balaban J connectivity index is 1.84. The van der Waals surface area contributed by atoms with Gasteiger partial charge in [-0.2, -0.15) is 0 Å². The third-order valence-electron chi connectivity index (χ3n) is 4.01. The molecule has 2 rings (SSSR count). The van der Waals surface area contributed by atoms with Crippen molar-refractivity contribution in [3.63, 3.8) is 0 Å². The summed E-state index contributed by atoms with van der Waals surface area (Å²) < 4.78 is 10.5. The van der Waals surface area contributed by atoms with Gasteiger partial charge >= 0.3 is 0 Å². The molecule has 0 aliphatic rings. The Morgan fingerprint density at radius 2 is 1.70 bits per heavy atom. The maximum atomic E-state index is 12.3. The minimum Gasteiger partial charge on any atom is -0.493 e. The normalized spacial score (nSPS) is 10.2. The quantitative estimate of drug-likeness (QED) is 0.750. The molecule has 0 heterocycles. The van der Waals surface area contributed by atoms with E-state index in [4.69, 9.17) is 21.1 Å². The Labute approximate surface area is 164 Å². The van der Waals surface area contributed by atoms with E-state index < -0.39 is 0 Å². The molecule has 0 saturated carbocycles. The smallest absolute Gasteiger partial charge is 0.243 e. The van der Waals surface area contributed by atoms with Gasteiger partial charge in [0.2, 0.25) is 11.8 Å². The number of likely N-dealkylation sites (N-methyl/N-ethyl adjacent to an activating group) is 1. The van der Waals surface area contributed by atoms with Crippen molar-refractivity contribution in [2.24, 2.45) is 0 Å². The minimum atomic E-state index is -0.265. The lowest BCUT2D eigenvalue weighted by Gasteiger charge is -2.17. The van der Waals surface area contributed by atoms with E-state index in [1.54, 1.807) is 45.5 Å². The Bertz CT molecular complexity index is 793. The van der Waals surface area contributed by atoms with Crippen LogP contribution in [0.2, 0.25) is 5.02 Å². The van der Waals surface area contributed by atoms with Crippen LogP contribution in [0.3, 0.4) is 0 Å². The van der Waals surface area contributed by atoms with Gasteiger partial charge in [0.25, 0.3) is 0 Å². The van der Waals surface area contributed by atoms with Crippen LogP contribution < -0.4 is 14.8 Å². The molecule has 2 amide bonds. The van der Waals surface area contributed by atoms with E-state index in [9.17, 15) is 9.59 Å². The summed E-state index contributed by atoms with van der Waals surface area (Å²) in [5.74, 6) is 0.886. The van der Waals surface area contributed by atoms with Crippen LogP contribution in [0.25, 0.3) is 0 Å². The summed E-state index contributed by atoms with van der Waals surface area (Å²) in [5, 5.41) is 3.33. The van der Waals surface area contributed by atoms with E-state index in [1.807, 2.05) is 18.2 Å². The summed E-state index contributed by atoms with van der Waals surface area (Å²) in [4.78, 5) is 25.8. The van der Waals surface area contributed by atoms with Crippen LogP contribution >= 0.6 is 11.6 Å². The fourth-order valence-electron chi connectivity index (χ4n) is 2.52. The fourth-order valence-corrected chi connectivity index (χ4v) is 2.64. The second-order valence-corrected chi connectivity index (χ2v) is 6.43. The minimum absolute atomic E-state index is 0.0204. The molecule has 2 aromatic rings. The predicted octanol–water partition coefficient (Wildman–Crippen LogP) is 3.39. The summed E-state index contributed by atoms with van der Waals surface area (Å²) in [6.07, 6.45) is 0.836. The molecule has 0 radical (unpaired) electrons. The number of nitrogens with zero attached hydrogens (tertiary/aromatic N) is 1. The number of rotatable bonds is 8. The molecule has 7 heteroatoms. The molecule has 27 heavy (non-hydrogen) atoms. The van der Waals surface area contributed by atoms with Gasteiger partial charge in [0.1, 0.15) is 0 Å². The molecule has 6 nitrogen and oxygen atoms in total. The maximum absolute atomic E-state index is 12.3. The highest BCUT2D eigenvalue weighted by Gasteiger charge is 2.14. The highest BCUT2D eigenvalue weighted by molar-refractivity contribution is 6.30. The summed E-state index contributed by atoms with van der Waals surface area (Å²) >= 11 is 5.81. The van der Waals surface area contributed by atoms with Gasteiger partial charge < -0.3 is 19.7 Å². The van der Waals surface area contributed by atoms with Crippen molar-refractivity contribution >= 4 is 29.1 Å². The summed E-state index contributed by atoms with van der Waals surface area (Å²) in [7, 11) is 4.75. The van der Waals surface area contributed by atoms with Crippen molar-refractivity contribution in [1.29, 1.82) is 0 Å². The second kappa shape index (κ2) is 9.83. The topological polar surface area (TPSA) is 67.9 Å². The summed E-state index contributed by atoms with van der Waals surface area (Å²) in [6, 6.07) is 12.3. The van der Waals surface area contributed by atoms with Crippen molar-refractivity contribution < 1.29 is 19.1 Å². The molecule has 0 fully saturated rings. The number of hydrogen-bond acceptors (Lipinski definition) is 4. The van der Waals surface area contributed by atoms with Gasteiger partial charge in [0.05, 0.1) is 20.8 Å². The van der Waals surface area contributed by atoms with Crippen LogP contribution in [0, 0.1) is 0 Å². The van der Waals surface area contributed by atoms with Gasteiger partial charge in [-0.15, -0.1) is 0 Å². The fraction of sp³-hybridized carbons (Fsp3) is 0.300. The van der Waals surface area contributed by atoms with Crippen molar-refractivity contribution in [3.8, 4) is 11.5 Å². The number of carbonyl (C=O) groups excluding carboxylic acids is 2. The van der Waals surface area contributed by atoms with Crippen molar-refractivity contribution in [2.45, 2.75) is 12.8 Å². The number of hydrogen-bond donors (Lipinski definition) is 1. The first-order chi connectivity index (χ1) is 12.9. The van der Waals surface area contributed by atoms with Crippen LogP contribution in [0.1, 0.15) is 12.0 Å². The first-order valence-corrected chi connectivity index (χ1v) is 8.81. The van der Waals surface area contributed by atoms with Gasteiger partial charge in [-0.25, -0.2) is 0 Å². The molecule has 144 valence electrons. The monoisotopic (exact) mass is 390 g/mol. The molecule has 0 aromatic heterocycles. The Hall–Kier alpha value is -2.73. The SMILES string of the molecule is COc1ccc(CCC(=O)N(C)CC(=O)Nc2ccc(Cl)cc2)cc1OC. The van der Waals surface area contributed by atoms with Gasteiger partial charge in [0.15, 0.2) is 11.5 Å². The molecule has 0 aliphatic carbocycles. The highest BCUT2D eigenvalue weighted by atomic mass is 35.5. The number of benzene rings is 2. The summed E-state index contributed by atoms with van der Waals surface area (Å²) in [6.45, 7) is -0.0204. The maximum Gasteiger partial charge on any atom is 0.243 e. The average Bonchev–Trinajstić information content (AvgIpc) is 2.67. The lowest BCUT2D eigenvalue weighted by atomic mass is 10.1. The van der Waals surface area contributed by atoms with Gasteiger partial charge in [-0.1, -0.05) is 17.7 Å². The molecule has 1 N–H and O–H groups in total. The van der Waals surface area contributed by atoms with Crippen LogP contribution in [0.5, 0.6) is 11.5 Å². The third-order valence-corrected chi connectivity index (χ3v) is 4.26. The molecule has 0 atom stereocenters. The van der Waals surface area contributed by atoms with Gasteiger partial charge in [-0.3, -0.25) is 9.59 Å². The van der Waals surface area contributed by atoms with E-state index in [1.165, 1.54) is 4.90 Å². The standard InChI is InChI=1S/C20H23ClN2O4/c1-23(13-19(24)22-16-8-6-15(21)7-9-16)20(25)11-5-14-4-10-17(26-2)18(12-14)27-3/h4,6-10,12H,5,11,13H2,1-3H3,(H,22,24). The van der Waals surface area contributed by atoms with E-state index in [0.29, 0.717) is 35.1 Å². The van der Waals surface area contributed by atoms with Crippen molar-refractivity contribution in [2.75, 3.05) is 33.1 Å². The molecule has 0 unspecified atom stereocenters. The number of aryl methyl sites for hydroxylation is 1. The largest absolute Gasteiger partial charge is 0.493 e. The van der Waals surface area contributed by atoms with E-state index in [0.717, 1.165) is 5.56 Å². The number of ether oxygens (including phenoxy) is 2. The lowest BCUT2D eigenvalue weighted by molar-refractivity contribution is -0.133. The lowest BCUT2D eigenvalue weighted by Crippen LogP contribution is -2.35. The molecule has 0 bridgehead atoms. The van der Waals surface area contributed by atoms with Crippen LogP contribution in [-0.4, -0.2) is 44.5 Å². The zero-order valence-electron chi connectivity index (χ0n) is 15.6. The zero-order valence-corrected chi connectivity index (χ0v) is 16.4. The van der Waals surface area contributed by atoms with Gasteiger partial charge in [0, 0.05) is 24.2 Å². The van der Waals surface area contributed by atoms with Crippen molar-refractivity contribution in [1.82, 2.24) is 4.90 Å². The summed E-state index contributed by atoms with van der Waals surface area (Å²) in [5.41, 5.74) is 1.59. The molecular formula is C20H23ClN2O4. The zero-order chi connectivity index (χ0) is 19.8. The average molecular weight is 391 g/mol. The number of methoxy groups -OCH3 is 2. The molecule has 0 saturated heterocycles. The predicted molar refractivity (Wildman–Crippen MR) is 106 cm³/mol. The third kappa shape index (κ3) is 6.18.